The Hall–Kier alpha value is -4.10. The van der Waals surface area contributed by atoms with Gasteiger partial charge in [0.2, 0.25) is 0 Å². The van der Waals surface area contributed by atoms with Gasteiger partial charge in [0, 0.05) is 18.7 Å². The van der Waals surface area contributed by atoms with E-state index in [0.717, 1.165) is 33.4 Å². The van der Waals surface area contributed by atoms with Crippen LogP contribution in [0.4, 0.5) is 0 Å². The van der Waals surface area contributed by atoms with Crippen molar-refractivity contribution in [2.45, 2.75) is 40.0 Å². The van der Waals surface area contributed by atoms with Gasteiger partial charge in [-0.15, -0.1) is 5.10 Å². The number of benzene rings is 3. The van der Waals surface area contributed by atoms with Gasteiger partial charge in [0.25, 0.3) is 5.56 Å². The van der Waals surface area contributed by atoms with Crippen LogP contribution in [0.3, 0.4) is 0 Å². The Morgan fingerprint density at radius 2 is 1.66 bits per heavy atom. The lowest BCUT2D eigenvalue weighted by atomic mass is 10.1. The molecule has 0 aliphatic heterocycles. The number of H-pyrrole nitrogens is 1. The van der Waals surface area contributed by atoms with Crippen molar-refractivity contribution in [1.29, 1.82) is 0 Å². The molecule has 0 saturated carbocycles. The number of nitrogens with zero attached hydrogens (tertiary/aromatic N) is 5. The summed E-state index contributed by atoms with van der Waals surface area (Å²) >= 11 is 0. The van der Waals surface area contributed by atoms with E-state index in [2.05, 4.69) is 68.7 Å². The number of aromatic nitrogens is 5. The van der Waals surface area contributed by atoms with E-state index in [-0.39, 0.29) is 5.56 Å². The molecule has 0 aliphatic rings. The Morgan fingerprint density at radius 3 is 2.46 bits per heavy atom. The van der Waals surface area contributed by atoms with Crippen molar-refractivity contribution in [2.24, 2.45) is 0 Å². The van der Waals surface area contributed by atoms with Gasteiger partial charge in [-0.3, -0.25) is 9.69 Å². The van der Waals surface area contributed by atoms with Gasteiger partial charge < -0.3 is 4.98 Å². The molecule has 35 heavy (non-hydrogen) atoms. The van der Waals surface area contributed by atoms with Crippen molar-refractivity contribution in [3.8, 4) is 0 Å². The second-order valence-electron chi connectivity index (χ2n) is 9.03. The fourth-order valence-electron chi connectivity index (χ4n) is 4.32. The second kappa shape index (κ2) is 10.0. The van der Waals surface area contributed by atoms with E-state index < -0.39 is 0 Å². The number of para-hydroxylation sites is 1. The molecule has 0 aliphatic carbocycles. The molecule has 176 valence electrons. The Kier molecular flexibility index (Phi) is 6.50. The van der Waals surface area contributed by atoms with E-state index in [1.165, 1.54) is 11.1 Å². The molecule has 0 radical (unpaired) electrons. The molecule has 1 N–H and O–H groups in total. The van der Waals surface area contributed by atoms with Crippen molar-refractivity contribution in [3.05, 3.63) is 123 Å². The lowest BCUT2D eigenvalue weighted by Crippen LogP contribution is -2.28. The summed E-state index contributed by atoms with van der Waals surface area (Å²) in [6.45, 7) is 6.34. The highest BCUT2D eigenvalue weighted by Crippen LogP contribution is 2.18. The molecule has 7 heteroatoms. The Labute approximate surface area is 204 Å². The van der Waals surface area contributed by atoms with Crippen LogP contribution in [0.1, 0.15) is 33.6 Å². The van der Waals surface area contributed by atoms with E-state index in [1.54, 1.807) is 0 Å². The van der Waals surface area contributed by atoms with Gasteiger partial charge in [0.05, 0.1) is 18.6 Å². The third kappa shape index (κ3) is 5.36. The molecule has 2 aromatic heterocycles. The zero-order valence-electron chi connectivity index (χ0n) is 20.0. The van der Waals surface area contributed by atoms with Gasteiger partial charge in [0.1, 0.15) is 0 Å². The van der Waals surface area contributed by atoms with Gasteiger partial charge in [-0.25, -0.2) is 4.68 Å². The van der Waals surface area contributed by atoms with Crippen LogP contribution in [0.25, 0.3) is 10.9 Å². The molecule has 0 atom stereocenters. The third-order valence-corrected chi connectivity index (χ3v) is 6.23. The average molecular weight is 465 g/mol. The Morgan fingerprint density at radius 1 is 0.857 bits per heavy atom. The fraction of sp³-hybridized carbons (Fsp3) is 0.214. The van der Waals surface area contributed by atoms with Gasteiger partial charge >= 0.3 is 0 Å². The highest BCUT2D eigenvalue weighted by molar-refractivity contribution is 5.81. The molecule has 0 amide bonds. The lowest BCUT2D eigenvalue weighted by Gasteiger charge is -2.22. The molecule has 3 aromatic carbocycles. The first-order chi connectivity index (χ1) is 17.0. The number of pyridine rings is 1. The summed E-state index contributed by atoms with van der Waals surface area (Å²) in [4.78, 5) is 18.3. The summed E-state index contributed by atoms with van der Waals surface area (Å²) in [5.41, 5.74) is 6.12. The summed E-state index contributed by atoms with van der Waals surface area (Å²) < 4.78 is 1.82. The molecule has 7 nitrogen and oxygen atoms in total. The summed E-state index contributed by atoms with van der Waals surface area (Å²) in [6.07, 6.45) is 0. The van der Waals surface area contributed by atoms with E-state index >= 15 is 0 Å². The van der Waals surface area contributed by atoms with E-state index in [0.29, 0.717) is 26.2 Å². The summed E-state index contributed by atoms with van der Waals surface area (Å²) in [5.74, 6) is 0.758. The smallest absolute Gasteiger partial charge is 0.252 e. The van der Waals surface area contributed by atoms with Crippen LogP contribution in [-0.4, -0.2) is 30.1 Å². The quantitative estimate of drug-likeness (QED) is 0.369. The van der Waals surface area contributed by atoms with Gasteiger partial charge in [0.15, 0.2) is 5.82 Å². The van der Waals surface area contributed by atoms with Crippen molar-refractivity contribution in [1.82, 2.24) is 30.1 Å². The van der Waals surface area contributed by atoms with Crippen LogP contribution in [-0.2, 0) is 26.2 Å². The number of aromatic amines is 1. The predicted molar refractivity (Wildman–Crippen MR) is 137 cm³/mol. The molecule has 5 rings (SSSR count). The number of hydrogen-bond acceptors (Lipinski definition) is 5. The fourth-order valence-corrected chi connectivity index (χ4v) is 4.32. The number of rotatable bonds is 8. The van der Waals surface area contributed by atoms with Crippen LogP contribution in [0, 0.1) is 13.8 Å². The van der Waals surface area contributed by atoms with E-state index in [9.17, 15) is 4.79 Å². The summed E-state index contributed by atoms with van der Waals surface area (Å²) in [5, 5.41) is 13.5. The van der Waals surface area contributed by atoms with Crippen molar-refractivity contribution in [2.75, 3.05) is 0 Å². The second-order valence-corrected chi connectivity index (χ2v) is 9.03. The summed E-state index contributed by atoms with van der Waals surface area (Å²) in [7, 11) is 0. The molecule has 5 aromatic rings. The number of aryl methyl sites for hydroxylation is 2. The highest BCUT2D eigenvalue weighted by Gasteiger charge is 2.16. The van der Waals surface area contributed by atoms with Gasteiger partial charge in [-0.1, -0.05) is 78.4 Å². The van der Waals surface area contributed by atoms with E-state index in [1.807, 2.05) is 54.1 Å². The summed E-state index contributed by atoms with van der Waals surface area (Å²) in [6, 6.07) is 26.7. The monoisotopic (exact) mass is 464 g/mol. The maximum absolute atomic E-state index is 13.0. The normalized spacial score (nSPS) is 11.4. The van der Waals surface area contributed by atoms with Crippen LogP contribution in [0.15, 0.2) is 83.7 Å². The molecular weight excluding hydrogens is 436 g/mol. The molecule has 0 spiro atoms. The molecule has 0 saturated heterocycles. The minimum Gasteiger partial charge on any atom is -0.321 e. The van der Waals surface area contributed by atoms with E-state index in [4.69, 9.17) is 0 Å². The Bertz CT molecular complexity index is 1490. The van der Waals surface area contributed by atoms with Crippen molar-refractivity contribution in [3.63, 3.8) is 0 Å². The maximum Gasteiger partial charge on any atom is 0.252 e. The van der Waals surface area contributed by atoms with Crippen LogP contribution >= 0.6 is 0 Å². The molecular formula is C28H28N6O. The standard InChI is InChI=1S/C28H28N6O/c1-20-11-13-23(14-12-20)16-33(18-25-15-24-10-6-7-21(2)27(24)29-28(25)35)19-26-30-31-32-34(26)17-22-8-4-3-5-9-22/h3-15H,16-19H2,1-2H3,(H,29,35). The maximum atomic E-state index is 13.0. The molecule has 0 fully saturated rings. The first-order valence-corrected chi connectivity index (χ1v) is 11.7. The van der Waals surface area contributed by atoms with Gasteiger partial charge in [-0.05, 0) is 52.4 Å². The topological polar surface area (TPSA) is 79.7 Å². The largest absolute Gasteiger partial charge is 0.321 e. The van der Waals surface area contributed by atoms with Crippen molar-refractivity contribution >= 4 is 10.9 Å². The first-order valence-electron chi connectivity index (χ1n) is 11.7. The number of hydrogen-bond donors (Lipinski definition) is 1. The number of fused-ring (bicyclic) bond motifs is 1. The van der Waals surface area contributed by atoms with Gasteiger partial charge in [-0.2, -0.15) is 0 Å². The molecule has 2 heterocycles. The third-order valence-electron chi connectivity index (χ3n) is 6.23. The highest BCUT2D eigenvalue weighted by atomic mass is 16.1. The van der Waals surface area contributed by atoms with Crippen LogP contribution in [0.2, 0.25) is 0 Å². The zero-order valence-corrected chi connectivity index (χ0v) is 20.0. The minimum atomic E-state index is -0.0652. The number of nitrogens with one attached hydrogen (secondary N) is 1. The van der Waals surface area contributed by atoms with Crippen LogP contribution in [0.5, 0.6) is 0 Å². The molecule has 0 bridgehead atoms. The van der Waals surface area contributed by atoms with Crippen LogP contribution < -0.4 is 5.56 Å². The first kappa shape index (κ1) is 22.7. The minimum absolute atomic E-state index is 0.0652. The predicted octanol–water partition coefficient (Wildman–Crippen LogP) is 4.38. The van der Waals surface area contributed by atoms with Crippen molar-refractivity contribution < 1.29 is 0 Å². The lowest BCUT2D eigenvalue weighted by molar-refractivity contribution is 0.236. The molecule has 0 unspecified atom stereocenters. The Balaban J connectivity index is 1.45. The SMILES string of the molecule is Cc1ccc(CN(Cc2cc3cccc(C)c3[nH]c2=O)Cc2nnnn2Cc2ccccc2)cc1. The number of tetrazole rings is 1. The zero-order chi connectivity index (χ0) is 24.2. The average Bonchev–Trinajstić information content (AvgIpc) is 3.28.